The summed E-state index contributed by atoms with van der Waals surface area (Å²) in [7, 11) is 2.05. The molecule has 4 N–H and O–H groups in total. The van der Waals surface area contributed by atoms with Crippen molar-refractivity contribution in [3.8, 4) is 0 Å². The molecule has 8 nitrogen and oxygen atoms in total. The topological polar surface area (TPSA) is 109 Å². The maximum absolute atomic E-state index is 10.9. The second-order valence-electron chi connectivity index (χ2n) is 4.82. The van der Waals surface area contributed by atoms with Crippen molar-refractivity contribution in [2.75, 3.05) is 30.9 Å². The number of anilines is 2. The zero-order chi connectivity index (χ0) is 15.1. The zero-order valence-electron chi connectivity index (χ0n) is 12.1. The summed E-state index contributed by atoms with van der Waals surface area (Å²) < 4.78 is 0. The van der Waals surface area contributed by atoms with Crippen LogP contribution in [0.5, 0.6) is 0 Å². The number of rotatable bonds is 8. The molecule has 0 saturated heterocycles. The summed E-state index contributed by atoms with van der Waals surface area (Å²) in [6.07, 6.45) is 0.869. The molecular weight excluding hydrogens is 260 g/mol. The molecule has 20 heavy (non-hydrogen) atoms. The van der Waals surface area contributed by atoms with Gasteiger partial charge in [0.15, 0.2) is 0 Å². The summed E-state index contributed by atoms with van der Waals surface area (Å²) in [4.78, 5) is 16.7. The number of nitro groups is 1. The average Bonchev–Trinajstić information content (AvgIpc) is 2.42. The monoisotopic (exact) mass is 282 g/mol. The number of hydrazine groups is 1. The minimum absolute atomic E-state index is 0.0544. The van der Waals surface area contributed by atoms with Gasteiger partial charge in [0, 0.05) is 18.7 Å². The third-order valence-electron chi connectivity index (χ3n) is 3.08. The third-order valence-corrected chi connectivity index (χ3v) is 3.08. The first-order chi connectivity index (χ1) is 9.45. The summed E-state index contributed by atoms with van der Waals surface area (Å²) in [5.74, 6) is 5.88. The molecule has 1 heterocycles. The molecule has 0 spiro atoms. The Bertz CT molecular complexity index is 452. The Morgan fingerprint density at radius 2 is 2.20 bits per heavy atom. The molecule has 0 aliphatic carbocycles. The van der Waals surface area contributed by atoms with E-state index < -0.39 is 4.92 Å². The van der Waals surface area contributed by atoms with Gasteiger partial charge in [0.1, 0.15) is 5.82 Å². The maximum Gasteiger partial charge on any atom is 0.311 e. The number of nitrogens with one attached hydrogen (secondary N) is 2. The van der Waals surface area contributed by atoms with Gasteiger partial charge in [-0.05, 0) is 39.9 Å². The van der Waals surface area contributed by atoms with E-state index in [1.54, 1.807) is 0 Å². The number of nitrogens with two attached hydrogens (primary N) is 1. The number of hydrogen-bond donors (Lipinski definition) is 3. The van der Waals surface area contributed by atoms with Crippen LogP contribution in [0.15, 0.2) is 12.1 Å². The van der Waals surface area contributed by atoms with Crippen LogP contribution in [0.3, 0.4) is 0 Å². The first-order valence-electron chi connectivity index (χ1n) is 6.52. The van der Waals surface area contributed by atoms with Gasteiger partial charge in [-0.2, -0.15) is 0 Å². The van der Waals surface area contributed by atoms with Crippen LogP contribution in [0.4, 0.5) is 17.3 Å². The van der Waals surface area contributed by atoms with Crippen molar-refractivity contribution in [2.24, 2.45) is 5.84 Å². The van der Waals surface area contributed by atoms with Crippen LogP contribution in [0, 0.1) is 10.1 Å². The summed E-state index contributed by atoms with van der Waals surface area (Å²) in [6.45, 7) is 5.76. The molecule has 0 amide bonds. The first kappa shape index (κ1) is 16.1. The van der Waals surface area contributed by atoms with E-state index in [9.17, 15) is 10.1 Å². The number of pyridine rings is 1. The van der Waals surface area contributed by atoms with Gasteiger partial charge in [0.2, 0.25) is 5.82 Å². The number of nitrogens with zero attached hydrogens (tertiary/aromatic N) is 3. The lowest BCUT2D eigenvalue weighted by atomic mass is 10.3. The molecule has 0 aliphatic rings. The van der Waals surface area contributed by atoms with Gasteiger partial charge in [-0.3, -0.25) is 10.1 Å². The predicted molar refractivity (Wildman–Crippen MR) is 79.6 cm³/mol. The Labute approximate surface area is 118 Å². The Kier molecular flexibility index (Phi) is 6.13. The van der Waals surface area contributed by atoms with E-state index in [-0.39, 0.29) is 11.5 Å². The molecule has 0 radical (unpaired) electrons. The maximum atomic E-state index is 10.9. The Balaban J connectivity index is 2.60. The normalized spacial score (nSPS) is 10.9. The lowest BCUT2D eigenvalue weighted by molar-refractivity contribution is -0.384. The molecular formula is C12H22N6O2. The van der Waals surface area contributed by atoms with Gasteiger partial charge >= 0.3 is 5.69 Å². The number of nitrogen functional groups attached to an aromatic ring is 1. The fraction of sp³-hybridized carbons (Fsp3) is 0.583. The van der Waals surface area contributed by atoms with Gasteiger partial charge in [-0.15, -0.1) is 0 Å². The van der Waals surface area contributed by atoms with Gasteiger partial charge in [0.25, 0.3) is 0 Å². The van der Waals surface area contributed by atoms with Gasteiger partial charge in [0.05, 0.1) is 4.92 Å². The molecule has 0 aliphatic heterocycles. The van der Waals surface area contributed by atoms with Crippen molar-refractivity contribution < 1.29 is 4.92 Å². The van der Waals surface area contributed by atoms with Crippen LogP contribution in [0.2, 0.25) is 0 Å². The van der Waals surface area contributed by atoms with Crippen LogP contribution in [0.25, 0.3) is 0 Å². The van der Waals surface area contributed by atoms with Crippen LogP contribution < -0.4 is 16.6 Å². The Hall–Kier alpha value is -1.93. The molecule has 1 rings (SSSR count). The molecule has 0 bridgehead atoms. The van der Waals surface area contributed by atoms with Crippen LogP contribution >= 0.6 is 0 Å². The fourth-order valence-corrected chi connectivity index (χ4v) is 1.60. The minimum Gasteiger partial charge on any atom is -0.364 e. The highest BCUT2D eigenvalue weighted by Crippen LogP contribution is 2.23. The fourth-order valence-electron chi connectivity index (χ4n) is 1.60. The van der Waals surface area contributed by atoms with Crippen LogP contribution in [0.1, 0.15) is 20.3 Å². The Morgan fingerprint density at radius 3 is 2.75 bits per heavy atom. The molecule has 0 saturated carbocycles. The molecule has 1 aromatic heterocycles. The van der Waals surface area contributed by atoms with E-state index in [2.05, 4.69) is 34.5 Å². The second kappa shape index (κ2) is 7.61. The molecule has 0 unspecified atom stereocenters. The standard InChI is InChI=1S/C12H22N6O2/c1-9(2)17(3)8-4-7-14-12-10(18(19)20)5-6-11(15-12)16-13/h5-6,9H,4,7-8,13H2,1-3H3,(H2,14,15,16). The van der Waals surface area contributed by atoms with E-state index >= 15 is 0 Å². The number of aromatic nitrogens is 1. The quantitative estimate of drug-likeness (QED) is 0.286. The SMILES string of the molecule is CC(C)N(C)CCCNc1nc(NN)ccc1[N+](=O)[O-]. The zero-order valence-corrected chi connectivity index (χ0v) is 12.1. The molecule has 1 aromatic rings. The van der Waals surface area contributed by atoms with Crippen molar-refractivity contribution in [3.63, 3.8) is 0 Å². The largest absolute Gasteiger partial charge is 0.364 e. The van der Waals surface area contributed by atoms with E-state index in [1.807, 2.05) is 7.05 Å². The predicted octanol–water partition coefficient (Wildman–Crippen LogP) is 1.42. The third kappa shape index (κ3) is 4.63. The van der Waals surface area contributed by atoms with E-state index in [4.69, 9.17) is 5.84 Å². The van der Waals surface area contributed by atoms with Gasteiger partial charge in [-0.25, -0.2) is 10.8 Å². The van der Waals surface area contributed by atoms with Crippen molar-refractivity contribution in [1.82, 2.24) is 9.88 Å². The first-order valence-corrected chi connectivity index (χ1v) is 6.52. The van der Waals surface area contributed by atoms with Crippen molar-refractivity contribution in [2.45, 2.75) is 26.3 Å². The Morgan fingerprint density at radius 1 is 1.50 bits per heavy atom. The lowest BCUT2D eigenvalue weighted by Gasteiger charge is -2.20. The molecule has 8 heteroatoms. The smallest absolute Gasteiger partial charge is 0.311 e. The average molecular weight is 282 g/mol. The molecule has 112 valence electrons. The van der Waals surface area contributed by atoms with Crippen molar-refractivity contribution >= 4 is 17.3 Å². The lowest BCUT2D eigenvalue weighted by Crippen LogP contribution is -2.28. The summed E-state index contributed by atoms with van der Waals surface area (Å²) in [5.41, 5.74) is 2.32. The highest BCUT2D eigenvalue weighted by Gasteiger charge is 2.15. The van der Waals surface area contributed by atoms with E-state index in [0.29, 0.717) is 18.4 Å². The highest BCUT2D eigenvalue weighted by atomic mass is 16.6. The van der Waals surface area contributed by atoms with Crippen LogP contribution in [-0.2, 0) is 0 Å². The van der Waals surface area contributed by atoms with Crippen molar-refractivity contribution in [1.29, 1.82) is 0 Å². The second-order valence-corrected chi connectivity index (χ2v) is 4.82. The summed E-state index contributed by atoms with van der Waals surface area (Å²) >= 11 is 0. The minimum atomic E-state index is -0.462. The summed E-state index contributed by atoms with van der Waals surface area (Å²) in [5, 5.41) is 13.9. The van der Waals surface area contributed by atoms with Gasteiger partial charge < -0.3 is 15.6 Å². The van der Waals surface area contributed by atoms with E-state index in [0.717, 1.165) is 13.0 Å². The number of hydrogen-bond acceptors (Lipinski definition) is 7. The van der Waals surface area contributed by atoms with E-state index in [1.165, 1.54) is 12.1 Å². The highest BCUT2D eigenvalue weighted by molar-refractivity contribution is 5.59. The molecule has 0 atom stereocenters. The van der Waals surface area contributed by atoms with Gasteiger partial charge in [-0.1, -0.05) is 0 Å². The van der Waals surface area contributed by atoms with Crippen LogP contribution in [-0.4, -0.2) is 41.0 Å². The molecule has 0 fully saturated rings. The molecule has 0 aromatic carbocycles. The summed E-state index contributed by atoms with van der Waals surface area (Å²) in [6, 6.07) is 3.33. The van der Waals surface area contributed by atoms with Crippen molar-refractivity contribution in [3.05, 3.63) is 22.2 Å².